The first-order chi connectivity index (χ1) is 12.8. The van der Waals surface area contributed by atoms with Crippen LogP contribution in [0.25, 0.3) is 10.2 Å². The van der Waals surface area contributed by atoms with Crippen LogP contribution in [0.5, 0.6) is 0 Å². The number of carbonyl (C=O) groups excluding carboxylic acids is 1. The summed E-state index contributed by atoms with van der Waals surface area (Å²) in [4.78, 5) is 16.7. The highest BCUT2D eigenvalue weighted by molar-refractivity contribution is 7.89. The number of nitrogens with one attached hydrogen (secondary N) is 1. The van der Waals surface area contributed by atoms with Gasteiger partial charge in [-0.25, -0.2) is 17.8 Å². The lowest BCUT2D eigenvalue weighted by atomic mass is 10.2. The molecule has 0 aliphatic carbocycles. The van der Waals surface area contributed by atoms with E-state index in [0.717, 1.165) is 17.4 Å². The lowest BCUT2D eigenvalue weighted by molar-refractivity contribution is 0.102. The van der Waals surface area contributed by atoms with Gasteiger partial charge >= 0.3 is 0 Å². The molecule has 6 nitrogen and oxygen atoms in total. The third kappa shape index (κ3) is 4.00. The highest BCUT2D eigenvalue weighted by atomic mass is 32.2. The molecule has 0 saturated carbocycles. The van der Waals surface area contributed by atoms with E-state index in [1.807, 2.05) is 0 Å². The number of thiazole rings is 1. The molecule has 142 valence electrons. The summed E-state index contributed by atoms with van der Waals surface area (Å²) in [7, 11) is -3.57. The van der Waals surface area contributed by atoms with Crippen LogP contribution < -0.4 is 5.32 Å². The van der Waals surface area contributed by atoms with Gasteiger partial charge in [-0.05, 0) is 36.4 Å². The molecule has 1 heterocycles. The Morgan fingerprint density at radius 2 is 1.93 bits per heavy atom. The first kappa shape index (κ1) is 19.4. The van der Waals surface area contributed by atoms with Crippen LogP contribution in [0.2, 0.25) is 0 Å². The molecule has 0 spiro atoms. The molecule has 1 N–H and O–H groups in total. The van der Waals surface area contributed by atoms with E-state index < -0.39 is 21.7 Å². The summed E-state index contributed by atoms with van der Waals surface area (Å²) in [6.45, 7) is 4.33. The third-order valence-corrected chi connectivity index (χ3v) is 6.99. The van der Waals surface area contributed by atoms with Crippen LogP contribution in [0.15, 0.2) is 47.4 Å². The highest BCUT2D eigenvalue weighted by Gasteiger charge is 2.22. The van der Waals surface area contributed by atoms with Gasteiger partial charge in [0.1, 0.15) is 5.82 Å². The maximum atomic E-state index is 13.3. The summed E-state index contributed by atoms with van der Waals surface area (Å²) in [5.74, 6) is -0.984. The van der Waals surface area contributed by atoms with Crippen LogP contribution in [0, 0.1) is 5.82 Å². The second-order valence-corrected chi connectivity index (χ2v) is 8.67. The van der Waals surface area contributed by atoms with E-state index in [1.54, 1.807) is 26.0 Å². The summed E-state index contributed by atoms with van der Waals surface area (Å²) in [5.41, 5.74) is 0.757. The normalized spacial score (nSPS) is 11.9. The van der Waals surface area contributed by atoms with Gasteiger partial charge in [-0.1, -0.05) is 31.3 Å². The second kappa shape index (κ2) is 7.71. The Bertz CT molecular complexity index is 1090. The van der Waals surface area contributed by atoms with Gasteiger partial charge in [0.25, 0.3) is 5.91 Å². The number of benzene rings is 2. The van der Waals surface area contributed by atoms with Gasteiger partial charge in [0.05, 0.1) is 15.1 Å². The number of hydrogen-bond acceptors (Lipinski definition) is 5. The molecule has 0 aliphatic heterocycles. The SMILES string of the molecule is CCN(CC)S(=O)(=O)c1ccc2nc(NC(=O)c3cccc(F)c3)sc2c1. The van der Waals surface area contributed by atoms with Crippen molar-refractivity contribution in [3.05, 3.63) is 53.8 Å². The van der Waals surface area contributed by atoms with E-state index in [-0.39, 0.29) is 10.5 Å². The monoisotopic (exact) mass is 407 g/mol. The quantitative estimate of drug-likeness (QED) is 0.675. The van der Waals surface area contributed by atoms with Crippen molar-refractivity contribution in [1.82, 2.24) is 9.29 Å². The van der Waals surface area contributed by atoms with E-state index in [1.165, 1.54) is 28.6 Å². The number of carbonyl (C=O) groups is 1. The van der Waals surface area contributed by atoms with Crippen LogP contribution >= 0.6 is 11.3 Å². The van der Waals surface area contributed by atoms with E-state index in [4.69, 9.17) is 0 Å². The molecule has 3 rings (SSSR count). The Balaban J connectivity index is 1.89. The topological polar surface area (TPSA) is 79.4 Å². The Labute approximate surface area is 160 Å². The summed E-state index contributed by atoms with van der Waals surface area (Å²) < 4.78 is 40.6. The van der Waals surface area contributed by atoms with Crippen LogP contribution in [-0.4, -0.2) is 36.7 Å². The molecule has 2 aromatic carbocycles. The van der Waals surface area contributed by atoms with Gasteiger partial charge in [0, 0.05) is 18.7 Å². The van der Waals surface area contributed by atoms with Gasteiger partial charge in [-0.3, -0.25) is 10.1 Å². The molecule has 0 radical (unpaired) electrons. The van der Waals surface area contributed by atoms with Crippen LogP contribution in [-0.2, 0) is 10.0 Å². The molecule has 1 aromatic heterocycles. The zero-order valence-electron chi connectivity index (χ0n) is 14.8. The Kier molecular flexibility index (Phi) is 5.54. The molecule has 0 unspecified atom stereocenters. The largest absolute Gasteiger partial charge is 0.298 e. The minimum Gasteiger partial charge on any atom is -0.298 e. The number of anilines is 1. The standard InChI is InChI=1S/C18H18FN3O3S2/c1-3-22(4-2)27(24,25)14-8-9-15-16(11-14)26-18(20-15)21-17(23)12-6-5-7-13(19)10-12/h5-11H,3-4H2,1-2H3,(H,20,21,23). The lowest BCUT2D eigenvalue weighted by Crippen LogP contribution is -2.30. The van der Waals surface area contributed by atoms with Crippen LogP contribution in [0.3, 0.4) is 0 Å². The number of sulfonamides is 1. The Hall–Kier alpha value is -2.36. The average molecular weight is 407 g/mol. The molecule has 0 bridgehead atoms. The highest BCUT2D eigenvalue weighted by Crippen LogP contribution is 2.29. The summed E-state index contributed by atoms with van der Waals surface area (Å²) >= 11 is 1.16. The van der Waals surface area contributed by atoms with E-state index >= 15 is 0 Å². The van der Waals surface area contributed by atoms with Crippen molar-refractivity contribution >= 4 is 42.6 Å². The molecule has 1 amide bonds. The maximum Gasteiger partial charge on any atom is 0.257 e. The Morgan fingerprint density at radius 1 is 1.19 bits per heavy atom. The molecular weight excluding hydrogens is 389 g/mol. The summed E-state index contributed by atoms with van der Waals surface area (Å²) in [6.07, 6.45) is 0. The minimum atomic E-state index is -3.57. The van der Waals surface area contributed by atoms with E-state index in [2.05, 4.69) is 10.3 Å². The van der Waals surface area contributed by atoms with Gasteiger partial charge in [-0.15, -0.1) is 0 Å². The molecule has 9 heteroatoms. The van der Waals surface area contributed by atoms with Gasteiger partial charge in [0.15, 0.2) is 5.13 Å². The third-order valence-electron chi connectivity index (χ3n) is 4.01. The van der Waals surface area contributed by atoms with E-state index in [0.29, 0.717) is 28.4 Å². The fraction of sp³-hybridized carbons (Fsp3) is 0.222. The predicted octanol–water partition coefficient (Wildman–Crippen LogP) is 3.72. The number of halogens is 1. The van der Waals surface area contributed by atoms with Crippen LogP contribution in [0.4, 0.5) is 9.52 Å². The van der Waals surface area contributed by atoms with Crippen molar-refractivity contribution in [2.75, 3.05) is 18.4 Å². The van der Waals surface area contributed by atoms with E-state index in [9.17, 15) is 17.6 Å². The number of aromatic nitrogens is 1. The zero-order valence-corrected chi connectivity index (χ0v) is 16.4. The number of amides is 1. The molecule has 27 heavy (non-hydrogen) atoms. The maximum absolute atomic E-state index is 13.3. The van der Waals surface area contributed by atoms with Crippen molar-refractivity contribution in [2.24, 2.45) is 0 Å². The lowest BCUT2D eigenvalue weighted by Gasteiger charge is -2.18. The molecule has 0 fully saturated rings. The summed E-state index contributed by atoms with van der Waals surface area (Å²) in [6, 6.07) is 10.0. The van der Waals surface area contributed by atoms with Crippen molar-refractivity contribution < 1.29 is 17.6 Å². The minimum absolute atomic E-state index is 0.180. The first-order valence-electron chi connectivity index (χ1n) is 8.32. The predicted molar refractivity (Wildman–Crippen MR) is 104 cm³/mol. The smallest absolute Gasteiger partial charge is 0.257 e. The van der Waals surface area contributed by atoms with Crippen LogP contribution in [0.1, 0.15) is 24.2 Å². The average Bonchev–Trinajstić information content (AvgIpc) is 3.03. The summed E-state index contributed by atoms with van der Waals surface area (Å²) in [5, 5.41) is 2.94. The van der Waals surface area contributed by atoms with Gasteiger partial charge < -0.3 is 0 Å². The van der Waals surface area contributed by atoms with Crippen molar-refractivity contribution in [1.29, 1.82) is 0 Å². The number of rotatable bonds is 6. The fourth-order valence-corrected chi connectivity index (χ4v) is 5.09. The number of nitrogens with zero attached hydrogens (tertiary/aromatic N) is 2. The number of fused-ring (bicyclic) bond motifs is 1. The Morgan fingerprint density at radius 3 is 2.59 bits per heavy atom. The molecule has 0 atom stereocenters. The molecular formula is C18H18FN3O3S2. The molecule has 0 saturated heterocycles. The van der Waals surface area contributed by atoms with Gasteiger partial charge in [-0.2, -0.15) is 4.31 Å². The molecule has 0 aliphatic rings. The second-order valence-electron chi connectivity index (χ2n) is 5.70. The van der Waals surface area contributed by atoms with Gasteiger partial charge in [0.2, 0.25) is 10.0 Å². The molecule has 3 aromatic rings. The first-order valence-corrected chi connectivity index (χ1v) is 10.6. The fourth-order valence-electron chi connectivity index (χ4n) is 2.63. The van der Waals surface area contributed by atoms with Crippen molar-refractivity contribution in [3.8, 4) is 0 Å². The van der Waals surface area contributed by atoms with Crippen molar-refractivity contribution in [3.63, 3.8) is 0 Å². The van der Waals surface area contributed by atoms with Crippen molar-refractivity contribution in [2.45, 2.75) is 18.7 Å². The zero-order chi connectivity index (χ0) is 19.6. The number of hydrogen-bond donors (Lipinski definition) is 1.